The van der Waals surface area contributed by atoms with Crippen molar-refractivity contribution in [1.82, 2.24) is 10.2 Å². The van der Waals surface area contributed by atoms with Crippen molar-refractivity contribution < 1.29 is 0 Å². The molecule has 1 aliphatic heterocycles. The Kier molecular flexibility index (Phi) is 5.64. The summed E-state index contributed by atoms with van der Waals surface area (Å²) in [6.45, 7) is 9.86. The third kappa shape index (κ3) is 4.15. The summed E-state index contributed by atoms with van der Waals surface area (Å²) in [7, 11) is 0. The van der Waals surface area contributed by atoms with E-state index in [2.05, 4.69) is 35.8 Å². The van der Waals surface area contributed by atoms with Gasteiger partial charge in [-0.25, -0.2) is 0 Å². The van der Waals surface area contributed by atoms with Gasteiger partial charge in [-0.05, 0) is 24.7 Å². The van der Waals surface area contributed by atoms with E-state index in [-0.39, 0.29) is 0 Å². The first kappa shape index (κ1) is 13.7. The van der Waals surface area contributed by atoms with E-state index < -0.39 is 0 Å². The molecular formula is C14H28N2S. The summed E-state index contributed by atoms with van der Waals surface area (Å²) in [5.41, 5.74) is 0. The summed E-state index contributed by atoms with van der Waals surface area (Å²) in [5.74, 6) is 4.40. The van der Waals surface area contributed by atoms with Gasteiger partial charge in [0.15, 0.2) is 0 Å². The molecule has 1 saturated heterocycles. The van der Waals surface area contributed by atoms with Gasteiger partial charge in [-0.2, -0.15) is 11.8 Å². The minimum absolute atomic E-state index is 0.767. The number of thioether (sulfide) groups is 1. The van der Waals surface area contributed by atoms with E-state index in [4.69, 9.17) is 0 Å². The molecule has 2 unspecified atom stereocenters. The van der Waals surface area contributed by atoms with Crippen molar-refractivity contribution in [1.29, 1.82) is 0 Å². The van der Waals surface area contributed by atoms with Gasteiger partial charge in [0.25, 0.3) is 0 Å². The summed E-state index contributed by atoms with van der Waals surface area (Å²) < 4.78 is 0. The van der Waals surface area contributed by atoms with E-state index >= 15 is 0 Å². The van der Waals surface area contributed by atoms with Crippen LogP contribution in [0.25, 0.3) is 0 Å². The lowest BCUT2D eigenvalue weighted by Crippen LogP contribution is -2.46. The first-order valence-corrected chi connectivity index (χ1v) is 8.46. The molecule has 1 heterocycles. The third-order valence-corrected chi connectivity index (χ3v) is 5.40. The lowest BCUT2D eigenvalue weighted by atomic mass is 9.79. The van der Waals surface area contributed by atoms with Gasteiger partial charge >= 0.3 is 0 Å². The van der Waals surface area contributed by atoms with Crippen LogP contribution in [0.3, 0.4) is 0 Å². The summed E-state index contributed by atoms with van der Waals surface area (Å²) in [6, 6.07) is 0.767. The van der Waals surface area contributed by atoms with Crippen LogP contribution in [0.2, 0.25) is 0 Å². The molecule has 2 rings (SSSR count). The van der Waals surface area contributed by atoms with Crippen molar-refractivity contribution in [2.24, 2.45) is 11.8 Å². The van der Waals surface area contributed by atoms with E-state index in [0.717, 1.165) is 17.9 Å². The molecule has 2 fully saturated rings. The molecule has 0 aromatic carbocycles. The van der Waals surface area contributed by atoms with Gasteiger partial charge in [0, 0.05) is 43.7 Å². The highest BCUT2D eigenvalue weighted by Crippen LogP contribution is 2.28. The molecule has 2 aliphatic rings. The molecule has 0 aromatic rings. The van der Waals surface area contributed by atoms with E-state index in [1.165, 1.54) is 56.9 Å². The zero-order chi connectivity index (χ0) is 12.1. The lowest BCUT2D eigenvalue weighted by molar-refractivity contribution is 0.198. The molecule has 1 saturated carbocycles. The van der Waals surface area contributed by atoms with E-state index in [9.17, 15) is 0 Å². The predicted octanol–water partition coefficient (Wildman–Crippen LogP) is 2.45. The molecule has 17 heavy (non-hydrogen) atoms. The normalized spacial score (nSPS) is 36.0. The molecule has 0 spiro atoms. The number of hydrogen-bond donors (Lipinski definition) is 1. The van der Waals surface area contributed by atoms with Gasteiger partial charge < -0.3 is 10.2 Å². The van der Waals surface area contributed by atoms with Crippen LogP contribution in [0.5, 0.6) is 0 Å². The molecule has 100 valence electrons. The summed E-state index contributed by atoms with van der Waals surface area (Å²) in [5, 5.41) is 3.82. The minimum Gasteiger partial charge on any atom is -0.312 e. The highest BCUT2D eigenvalue weighted by Gasteiger charge is 2.26. The van der Waals surface area contributed by atoms with E-state index in [1.54, 1.807) is 0 Å². The van der Waals surface area contributed by atoms with Crippen molar-refractivity contribution >= 4 is 11.8 Å². The van der Waals surface area contributed by atoms with Crippen LogP contribution in [0.4, 0.5) is 0 Å². The van der Waals surface area contributed by atoms with Crippen LogP contribution < -0.4 is 5.32 Å². The van der Waals surface area contributed by atoms with Crippen molar-refractivity contribution in [3.05, 3.63) is 0 Å². The minimum atomic E-state index is 0.767. The molecule has 2 nitrogen and oxygen atoms in total. The molecule has 1 aliphatic carbocycles. The Morgan fingerprint density at radius 2 is 1.76 bits per heavy atom. The maximum atomic E-state index is 3.82. The van der Waals surface area contributed by atoms with Crippen LogP contribution >= 0.6 is 11.8 Å². The van der Waals surface area contributed by atoms with Gasteiger partial charge in [-0.15, -0.1) is 0 Å². The average molecular weight is 256 g/mol. The van der Waals surface area contributed by atoms with E-state index in [1.807, 2.05) is 0 Å². The maximum absolute atomic E-state index is 3.82. The van der Waals surface area contributed by atoms with Gasteiger partial charge in [0.1, 0.15) is 0 Å². The maximum Gasteiger partial charge on any atom is 0.0119 e. The Morgan fingerprint density at radius 3 is 2.41 bits per heavy atom. The first-order chi connectivity index (χ1) is 8.27. The van der Waals surface area contributed by atoms with Crippen molar-refractivity contribution in [3.8, 4) is 0 Å². The van der Waals surface area contributed by atoms with Crippen LogP contribution in [0, 0.1) is 11.8 Å². The smallest absolute Gasteiger partial charge is 0.0119 e. The van der Waals surface area contributed by atoms with Crippen LogP contribution in [0.1, 0.15) is 33.1 Å². The quantitative estimate of drug-likeness (QED) is 0.832. The van der Waals surface area contributed by atoms with Crippen LogP contribution in [-0.2, 0) is 0 Å². The van der Waals surface area contributed by atoms with Crippen molar-refractivity contribution in [2.45, 2.75) is 39.2 Å². The average Bonchev–Trinajstić information content (AvgIpc) is 2.34. The molecule has 0 aromatic heterocycles. The number of nitrogens with one attached hydrogen (secondary N) is 1. The summed E-state index contributed by atoms with van der Waals surface area (Å²) in [4.78, 5) is 2.61. The molecular weight excluding hydrogens is 228 g/mol. The predicted molar refractivity (Wildman–Crippen MR) is 77.7 cm³/mol. The number of nitrogens with zero attached hydrogens (tertiary/aromatic N) is 1. The fourth-order valence-electron chi connectivity index (χ4n) is 3.30. The van der Waals surface area contributed by atoms with Gasteiger partial charge in [0.05, 0.1) is 0 Å². The molecule has 3 heteroatoms. The first-order valence-electron chi connectivity index (χ1n) is 7.31. The Hall–Kier alpha value is 0.270. The highest BCUT2D eigenvalue weighted by atomic mass is 32.2. The summed E-state index contributed by atoms with van der Waals surface area (Å²) in [6.07, 6.45) is 4.27. The topological polar surface area (TPSA) is 15.3 Å². The SMILES string of the molecule is CC1CCCC(C)C1NCCN1CCSCC1. The fourth-order valence-corrected chi connectivity index (χ4v) is 4.28. The standard InChI is InChI=1S/C14H28N2S/c1-12-4-3-5-13(2)14(12)15-6-7-16-8-10-17-11-9-16/h12-15H,3-11H2,1-2H3. The van der Waals surface area contributed by atoms with Crippen molar-refractivity contribution in [2.75, 3.05) is 37.7 Å². The molecule has 0 radical (unpaired) electrons. The Bertz CT molecular complexity index is 206. The Morgan fingerprint density at radius 1 is 1.12 bits per heavy atom. The zero-order valence-corrected chi connectivity index (χ0v) is 12.3. The zero-order valence-electron chi connectivity index (χ0n) is 11.5. The second-order valence-corrected chi connectivity index (χ2v) is 7.04. The van der Waals surface area contributed by atoms with E-state index in [0.29, 0.717) is 0 Å². The largest absolute Gasteiger partial charge is 0.312 e. The number of hydrogen-bond acceptors (Lipinski definition) is 3. The van der Waals surface area contributed by atoms with Crippen LogP contribution in [-0.4, -0.2) is 48.6 Å². The molecule has 1 N–H and O–H groups in total. The van der Waals surface area contributed by atoms with Gasteiger partial charge in [0.2, 0.25) is 0 Å². The second kappa shape index (κ2) is 7.01. The Balaban J connectivity index is 1.66. The van der Waals surface area contributed by atoms with Crippen molar-refractivity contribution in [3.63, 3.8) is 0 Å². The van der Waals surface area contributed by atoms with Gasteiger partial charge in [-0.3, -0.25) is 0 Å². The lowest BCUT2D eigenvalue weighted by Gasteiger charge is -2.36. The monoisotopic (exact) mass is 256 g/mol. The van der Waals surface area contributed by atoms with Crippen LogP contribution in [0.15, 0.2) is 0 Å². The fraction of sp³-hybridized carbons (Fsp3) is 1.00. The number of rotatable bonds is 4. The summed E-state index contributed by atoms with van der Waals surface area (Å²) >= 11 is 2.10. The molecule has 0 bridgehead atoms. The highest BCUT2D eigenvalue weighted by molar-refractivity contribution is 7.99. The molecule has 0 amide bonds. The Labute approximate surface area is 111 Å². The van der Waals surface area contributed by atoms with Gasteiger partial charge in [-0.1, -0.05) is 20.3 Å². The molecule has 2 atom stereocenters. The third-order valence-electron chi connectivity index (χ3n) is 4.46. The second-order valence-electron chi connectivity index (χ2n) is 5.82.